The van der Waals surface area contributed by atoms with Gasteiger partial charge in [-0.2, -0.15) is 0 Å². The number of benzene rings is 1. The third-order valence-corrected chi connectivity index (χ3v) is 3.58. The van der Waals surface area contributed by atoms with Crippen LogP contribution in [0.5, 0.6) is 0 Å². The molecule has 0 spiro atoms. The molecule has 1 atom stereocenters. The fourth-order valence-electron chi connectivity index (χ4n) is 2.49. The van der Waals surface area contributed by atoms with E-state index < -0.39 is 0 Å². The molecule has 20 heavy (non-hydrogen) atoms. The third-order valence-electron chi connectivity index (χ3n) is 3.58. The van der Waals surface area contributed by atoms with Crippen molar-refractivity contribution in [3.05, 3.63) is 30.2 Å². The molecule has 1 aromatic heterocycles. The molecule has 1 aromatic carbocycles. The van der Waals surface area contributed by atoms with Gasteiger partial charge in [-0.1, -0.05) is 12.1 Å². The number of para-hydroxylation sites is 2. The highest BCUT2D eigenvalue weighted by Gasteiger charge is 2.14. The van der Waals surface area contributed by atoms with Crippen molar-refractivity contribution < 1.29 is 9.15 Å². The first kappa shape index (κ1) is 13.5. The Balaban J connectivity index is 1.50. The highest BCUT2D eigenvalue weighted by molar-refractivity contribution is 5.72. The van der Waals surface area contributed by atoms with Gasteiger partial charge in [-0.05, 0) is 19.1 Å². The summed E-state index contributed by atoms with van der Waals surface area (Å²) in [5.74, 6) is 0.750. The van der Waals surface area contributed by atoms with E-state index in [0.717, 1.165) is 49.8 Å². The lowest BCUT2D eigenvalue weighted by atomic mass is 10.3. The zero-order valence-electron chi connectivity index (χ0n) is 11.8. The number of ether oxygens (including phenoxy) is 1. The zero-order valence-corrected chi connectivity index (χ0v) is 11.8. The number of hydrogen-bond donors (Lipinski definition) is 1. The summed E-state index contributed by atoms with van der Waals surface area (Å²) in [7, 11) is 0. The highest BCUT2D eigenvalue weighted by atomic mass is 16.5. The Kier molecular flexibility index (Phi) is 4.30. The molecule has 1 aliphatic rings. The number of morpholine rings is 1. The molecule has 0 radical (unpaired) electrons. The topological polar surface area (TPSA) is 50.5 Å². The van der Waals surface area contributed by atoms with E-state index in [9.17, 15) is 0 Å². The molecular weight excluding hydrogens is 254 g/mol. The summed E-state index contributed by atoms with van der Waals surface area (Å²) >= 11 is 0. The molecule has 0 unspecified atom stereocenters. The van der Waals surface area contributed by atoms with Crippen molar-refractivity contribution in [2.45, 2.75) is 19.5 Å². The Morgan fingerprint density at radius 2 is 2.10 bits per heavy atom. The van der Waals surface area contributed by atoms with Crippen LogP contribution in [0.1, 0.15) is 12.8 Å². The predicted octanol–water partition coefficient (Wildman–Crippen LogP) is 1.64. The summed E-state index contributed by atoms with van der Waals surface area (Å²) in [5.41, 5.74) is 1.77. The molecule has 5 heteroatoms. The molecule has 2 heterocycles. The fraction of sp³-hybridized carbons (Fsp3) is 0.533. The Morgan fingerprint density at radius 1 is 1.30 bits per heavy atom. The van der Waals surface area contributed by atoms with Gasteiger partial charge in [0.15, 0.2) is 5.58 Å². The van der Waals surface area contributed by atoms with E-state index in [4.69, 9.17) is 9.15 Å². The monoisotopic (exact) mass is 275 g/mol. The Hall–Kier alpha value is -1.43. The van der Waals surface area contributed by atoms with E-state index >= 15 is 0 Å². The summed E-state index contributed by atoms with van der Waals surface area (Å²) in [6.07, 6.45) is 0. The van der Waals surface area contributed by atoms with Gasteiger partial charge in [-0.15, -0.1) is 0 Å². The van der Waals surface area contributed by atoms with Crippen LogP contribution < -0.4 is 5.32 Å². The number of fused-ring (bicyclic) bond motifs is 1. The molecule has 1 N–H and O–H groups in total. The first-order valence-corrected chi connectivity index (χ1v) is 7.19. The van der Waals surface area contributed by atoms with E-state index in [1.54, 1.807) is 0 Å². The van der Waals surface area contributed by atoms with Crippen LogP contribution in [0.15, 0.2) is 28.7 Å². The van der Waals surface area contributed by atoms with Crippen molar-refractivity contribution in [1.29, 1.82) is 0 Å². The van der Waals surface area contributed by atoms with Crippen LogP contribution in [0, 0.1) is 0 Å². The van der Waals surface area contributed by atoms with Gasteiger partial charge in [0, 0.05) is 25.7 Å². The number of rotatable bonds is 5. The SMILES string of the molecule is C[C@H](CN1CCOCC1)NCc1nc2ccccc2o1. The van der Waals surface area contributed by atoms with Gasteiger partial charge in [0.1, 0.15) is 5.52 Å². The fourth-order valence-corrected chi connectivity index (χ4v) is 2.49. The van der Waals surface area contributed by atoms with E-state index in [-0.39, 0.29) is 0 Å². The van der Waals surface area contributed by atoms with Crippen molar-refractivity contribution in [3.8, 4) is 0 Å². The average Bonchev–Trinajstić information content (AvgIpc) is 2.89. The van der Waals surface area contributed by atoms with Crippen LogP contribution >= 0.6 is 0 Å². The molecule has 5 nitrogen and oxygen atoms in total. The van der Waals surface area contributed by atoms with Crippen LogP contribution in [0.4, 0.5) is 0 Å². The number of aromatic nitrogens is 1. The minimum absolute atomic E-state index is 0.406. The normalized spacial score (nSPS) is 18.4. The van der Waals surface area contributed by atoms with Gasteiger partial charge >= 0.3 is 0 Å². The molecule has 1 saturated heterocycles. The third kappa shape index (κ3) is 3.36. The van der Waals surface area contributed by atoms with E-state index in [2.05, 4.69) is 22.1 Å². The Bertz CT molecular complexity index is 516. The summed E-state index contributed by atoms with van der Waals surface area (Å²) in [5, 5.41) is 3.47. The molecular formula is C15H21N3O2. The standard InChI is InChI=1S/C15H21N3O2/c1-12(11-18-6-8-19-9-7-18)16-10-15-17-13-4-2-3-5-14(13)20-15/h2-5,12,16H,6-11H2,1H3/t12-/m1/s1. The lowest BCUT2D eigenvalue weighted by Gasteiger charge is -2.29. The summed E-state index contributed by atoms with van der Waals surface area (Å²) in [6, 6.07) is 8.26. The van der Waals surface area contributed by atoms with Gasteiger partial charge in [0.05, 0.1) is 19.8 Å². The van der Waals surface area contributed by atoms with Crippen molar-refractivity contribution >= 4 is 11.1 Å². The van der Waals surface area contributed by atoms with E-state index in [0.29, 0.717) is 12.6 Å². The second-order valence-corrected chi connectivity index (χ2v) is 5.27. The van der Waals surface area contributed by atoms with Gasteiger partial charge in [-0.3, -0.25) is 4.90 Å². The second-order valence-electron chi connectivity index (χ2n) is 5.27. The zero-order chi connectivity index (χ0) is 13.8. The molecule has 2 aromatic rings. The summed E-state index contributed by atoms with van der Waals surface area (Å²) < 4.78 is 11.1. The van der Waals surface area contributed by atoms with E-state index in [1.807, 2.05) is 24.3 Å². The summed E-state index contributed by atoms with van der Waals surface area (Å²) in [4.78, 5) is 6.89. The maximum absolute atomic E-state index is 5.70. The quantitative estimate of drug-likeness (QED) is 0.899. The van der Waals surface area contributed by atoms with Crippen molar-refractivity contribution in [3.63, 3.8) is 0 Å². The highest BCUT2D eigenvalue weighted by Crippen LogP contribution is 2.14. The second kappa shape index (κ2) is 6.35. The van der Waals surface area contributed by atoms with Crippen molar-refractivity contribution in [1.82, 2.24) is 15.2 Å². The van der Waals surface area contributed by atoms with Crippen LogP contribution in [0.2, 0.25) is 0 Å². The van der Waals surface area contributed by atoms with Gasteiger partial charge in [0.25, 0.3) is 0 Å². The minimum atomic E-state index is 0.406. The van der Waals surface area contributed by atoms with Gasteiger partial charge < -0.3 is 14.5 Å². The van der Waals surface area contributed by atoms with Crippen LogP contribution in [-0.4, -0.2) is 48.8 Å². The molecule has 108 valence electrons. The Morgan fingerprint density at radius 3 is 2.90 bits per heavy atom. The number of nitrogens with one attached hydrogen (secondary N) is 1. The average molecular weight is 275 g/mol. The lowest BCUT2D eigenvalue weighted by Crippen LogP contribution is -2.44. The van der Waals surface area contributed by atoms with Crippen LogP contribution in [-0.2, 0) is 11.3 Å². The minimum Gasteiger partial charge on any atom is -0.439 e. The molecule has 0 amide bonds. The van der Waals surface area contributed by atoms with E-state index in [1.165, 1.54) is 0 Å². The number of oxazole rings is 1. The van der Waals surface area contributed by atoms with Crippen molar-refractivity contribution in [2.24, 2.45) is 0 Å². The first-order valence-electron chi connectivity index (χ1n) is 7.19. The molecule has 0 saturated carbocycles. The van der Waals surface area contributed by atoms with Crippen LogP contribution in [0.25, 0.3) is 11.1 Å². The summed E-state index contributed by atoms with van der Waals surface area (Å²) in [6.45, 7) is 7.63. The van der Waals surface area contributed by atoms with Crippen LogP contribution in [0.3, 0.4) is 0 Å². The smallest absolute Gasteiger partial charge is 0.209 e. The molecule has 1 fully saturated rings. The van der Waals surface area contributed by atoms with Gasteiger partial charge in [0.2, 0.25) is 5.89 Å². The Labute approximate surface area is 118 Å². The van der Waals surface area contributed by atoms with Gasteiger partial charge in [-0.25, -0.2) is 4.98 Å². The number of hydrogen-bond acceptors (Lipinski definition) is 5. The molecule has 0 bridgehead atoms. The molecule has 1 aliphatic heterocycles. The molecule has 0 aliphatic carbocycles. The van der Waals surface area contributed by atoms with Crippen molar-refractivity contribution in [2.75, 3.05) is 32.8 Å². The molecule has 3 rings (SSSR count). The maximum Gasteiger partial charge on any atom is 0.209 e. The predicted molar refractivity (Wildman–Crippen MR) is 77.6 cm³/mol. The first-order chi connectivity index (χ1) is 9.81. The lowest BCUT2D eigenvalue weighted by molar-refractivity contribution is 0.0342. The maximum atomic E-state index is 5.70. The number of nitrogens with zero attached hydrogens (tertiary/aromatic N) is 2. The largest absolute Gasteiger partial charge is 0.439 e.